The topological polar surface area (TPSA) is 32.3 Å². The first-order chi connectivity index (χ1) is 7.52. The van der Waals surface area contributed by atoms with Crippen LogP contribution in [0.15, 0.2) is 18.2 Å². The van der Waals surface area contributed by atoms with Crippen LogP contribution in [0.5, 0.6) is 0 Å². The molecule has 0 aliphatic carbocycles. The van der Waals surface area contributed by atoms with E-state index in [9.17, 15) is 4.79 Å². The fourth-order valence-corrected chi connectivity index (χ4v) is 1.47. The van der Waals surface area contributed by atoms with Crippen LogP contribution in [0.2, 0.25) is 0 Å². The Hall–Kier alpha value is -1.51. The minimum atomic E-state index is 0.151. The average molecular weight is 220 g/mol. The van der Waals surface area contributed by atoms with Gasteiger partial charge in [0.1, 0.15) is 0 Å². The molecule has 1 amide bonds. The van der Waals surface area contributed by atoms with Crippen LogP contribution in [0, 0.1) is 13.8 Å². The molecule has 0 bridgehead atoms. The average Bonchev–Trinajstić information content (AvgIpc) is 2.24. The summed E-state index contributed by atoms with van der Waals surface area (Å²) in [5, 5.41) is 3.29. The molecular weight excluding hydrogens is 200 g/mol. The quantitative estimate of drug-likeness (QED) is 0.843. The van der Waals surface area contributed by atoms with Gasteiger partial charge in [-0.15, -0.1) is 0 Å². The lowest BCUT2D eigenvalue weighted by Gasteiger charge is -2.13. The van der Waals surface area contributed by atoms with Gasteiger partial charge in [-0.05, 0) is 31.0 Å². The second-order valence-electron chi connectivity index (χ2n) is 4.21. The SMILES string of the molecule is Cc1cccc(NCCC(=O)N(C)C)c1C. The summed E-state index contributed by atoms with van der Waals surface area (Å²) in [6.45, 7) is 4.86. The Morgan fingerprint density at radius 3 is 2.62 bits per heavy atom. The van der Waals surface area contributed by atoms with Gasteiger partial charge in [-0.2, -0.15) is 0 Å². The molecule has 1 rings (SSSR count). The van der Waals surface area contributed by atoms with Gasteiger partial charge >= 0.3 is 0 Å². The lowest BCUT2D eigenvalue weighted by atomic mass is 10.1. The van der Waals surface area contributed by atoms with E-state index in [1.807, 2.05) is 12.1 Å². The third-order valence-corrected chi connectivity index (χ3v) is 2.76. The number of hydrogen-bond donors (Lipinski definition) is 1. The number of hydrogen-bond acceptors (Lipinski definition) is 2. The number of anilines is 1. The molecule has 3 heteroatoms. The fraction of sp³-hybridized carbons (Fsp3) is 0.462. The first kappa shape index (κ1) is 12.6. The van der Waals surface area contributed by atoms with E-state index in [0.717, 1.165) is 5.69 Å². The summed E-state index contributed by atoms with van der Waals surface area (Å²) in [7, 11) is 3.56. The summed E-state index contributed by atoms with van der Waals surface area (Å²) in [5.41, 5.74) is 3.63. The van der Waals surface area contributed by atoms with Crippen molar-refractivity contribution in [2.24, 2.45) is 0 Å². The van der Waals surface area contributed by atoms with Crippen LogP contribution in [0.4, 0.5) is 5.69 Å². The zero-order chi connectivity index (χ0) is 12.1. The number of carbonyl (C=O) groups excluding carboxylic acids is 1. The Morgan fingerprint density at radius 1 is 1.31 bits per heavy atom. The highest BCUT2D eigenvalue weighted by molar-refractivity contribution is 5.76. The second kappa shape index (κ2) is 5.54. The first-order valence-corrected chi connectivity index (χ1v) is 5.52. The van der Waals surface area contributed by atoms with Crippen molar-refractivity contribution in [2.75, 3.05) is 26.0 Å². The molecule has 0 aliphatic heterocycles. The van der Waals surface area contributed by atoms with Crippen molar-refractivity contribution >= 4 is 11.6 Å². The van der Waals surface area contributed by atoms with E-state index in [0.29, 0.717) is 13.0 Å². The molecule has 1 N–H and O–H groups in total. The Kier molecular flexibility index (Phi) is 4.35. The third kappa shape index (κ3) is 3.26. The van der Waals surface area contributed by atoms with E-state index in [4.69, 9.17) is 0 Å². The van der Waals surface area contributed by atoms with Crippen LogP contribution in [0.3, 0.4) is 0 Å². The molecule has 0 aromatic heterocycles. The van der Waals surface area contributed by atoms with Gasteiger partial charge in [0.25, 0.3) is 0 Å². The van der Waals surface area contributed by atoms with Crippen molar-refractivity contribution in [3.63, 3.8) is 0 Å². The van der Waals surface area contributed by atoms with Crippen LogP contribution < -0.4 is 5.32 Å². The lowest BCUT2D eigenvalue weighted by molar-refractivity contribution is -0.128. The van der Waals surface area contributed by atoms with E-state index in [1.165, 1.54) is 11.1 Å². The number of rotatable bonds is 4. The number of aryl methyl sites for hydroxylation is 1. The Balaban J connectivity index is 2.49. The molecular formula is C13H20N2O. The number of nitrogens with one attached hydrogen (secondary N) is 1. The molecule has 88 valence electrons. The minimum Gasteiger partial charge on any atom is -0.384 e. The molecule has 16 heavy (non-hydrogen) atoms. The fourth-order valence-electron chi connectivity index (χ4n) is 1.47. The standard InChI is InChI=1S/C13H20N2O/c1-10-6-5-7-12(11(10)2)14-9-8-13(16)15(3)4/h5-7,14H,8-9H2,1-4H3. The summed E-state index contributed by atoms with van der Waals surface area (Å²) in [6, 6.07) is 6.16. The van der Waals surface area contributed by atoms with Gasteiger partial charge < -0.3 is 10.2 Å². The maximum Gasteiger partial charge on any atom is 0.223 e. The predicted molar refractivity (Wildman–Crippen MR) is 67.7 cm³/mol. The smallest absolute Gasteiger partial charge is 0.223 e. The molecule has 0 saturated carbocycles. The predicted octanol–water partition coefficient (Wildman–Crippen LogP) is 2.19. The van der Waals surface area contributed by atoms with Gasteiger partial charge in [0.15, 0.2) is 0 Å². The Morgan fingerprint density at radius 2 is 2.00 bits per heavy atom. The normalized spacial score (nSPS) is 10.0. The first-order valence-electron chi connectivity index (χ1n) is 5.52. The van der Waals surface area contributed by atoms with E-state index in [2.05, 4.69) is 25.2 Å². The van der Waals surface area contributed by atoms with Gasteiger partial charge in [-0.3, -0.25) is 4.79 Å². The molecule has 0 spiro atoms. The summed E-state index contributed by atoms with van der Waals surface area (Å²) in [4.78, 5) is 13.0. The third-order valence-electron chi connectivity index (χ3n) is 2.76. The van der Waals surface area contributed by atoms with Crippen LogP contribution in [-0.2, 0) is 4.79 Å². The molecule has 0 fully saturated rings. The van der Waals surface area contributed by atoms with Crippen LogP contribution >= 0.6 is 0 Å². The maximum atomic E-state index is 11.4. The Bertz CT molecular complexity index is 372. The highest BCUT2D eigenvalue weighted by atomic mass is 16.2. The lowest BCUT2D eigenvalue weighted by Crippen LogP contribution is -2.24. The van der Waals surface area contributed by atoms with Gasteiger partial charge in [0, 0.05) is 32.7 Å². The molecule has 0 atom stereocenters. The van der Waals surface area contributed by atoms with E-state index < -0.39 is 0 Å². The number of carbonyl (C=O) groups is 1. The van der Waals surface area contributed by atoms with Crippen molar-refractivity contribution in [3.8, 4) is 0 Å². The monoisotopic (exact) mass is 220 g/mol. The summed E-state index contributed by atoms with van der Waals surface area (Å²) >= 11 is 0. The minimum absolute atomic E-state index is 0.151. The van der Waals surface area contributed by atoms with Gasteiger partial charge in [0.2, 0.25) is 5.91 Å². The van der Waals surface area contributed by atoms with Crippen LogP contribution in [0.1, 0.15) is 17.5 Å². The summed E-state index contributed by atoms with van der Waals surface area (Å²) in [6.07, 6.45) is 0.528. The molecule has 0 radical (unpaired) electrons. The molecule has 1 aromatic carbocycles. The van der Waals surface area contributed by atoms with E-state index in [1.54, 1.807) is 19.0 Å². The second-order valence-corrected chi connectivity index (χ2v) is 4.21. The highest BCUT2D eigenvalue weighted by Crippen LogP contribution is 2.17. The summed E-state index contributed by atoms with van der Waals surface area (Å²) < 4.78 is 0. The van der Waals surface area contributed by atoms with Gasteiger partial charge in [-0.25, -0.2) is 0 Å². The van der Waals surface area contributed by atoms with Crippen molar-refractivity contribution in [3.05, 3.63) is 29.3 Å². The van der Waals surface area contributed by atoms with Crippen molar-refractivity contribution < 1.29 is 4.79 Å². The Labute approximate surface area is 97.5 Å². The molecule has 0 unspecified atom stereocenters. The number of amides is 1. The zero-order valence-electron chi connectivity index (χ0n) is 10.5. The number of nitrogens with zero attached hydrogens (tertiary/aromatic N) is 1. The molecule has 3 nitrogen and oxygen atoms in total. The zero-order valence-corrected chi connectivity index (χ0v) is 10.5. The molecule has 1 aromatic rings. The maximum absolute atomic E-state index is 11.4. The number of benzene rings is 1. The highest BCUT2D eigenvalue weighted by Gasteiger charge is 2.04. The molecule has 0 aliphatic rings. The summed E-state index contributed by atoms with van der Waals surface area (Å²) in [5.74, 6) is 0.151. The molecule has 0 heterocycles. The molecule has 0 saturated heterocycles. The van der Waals surface area contributed by atoms with Crippen LogP contribution in [0.25, 0.3) is 0 Å². The largest absolute Gasteiger partial charge is 0.384 e. The van der Waals surface area contributed by atoms with Crippen molar-refractivity contribution in [1.82, 2.24) is 4.90 Å². The van der Waals surface area contributed by atoms with Crippen molar-refractivity contribution in [2.45, 2.75) is 20.3 Å². The van der Waals surface area contributed by atoms with E-state index >= 15 is 0 Å². The van der Waals surface area contributed by atoms with Gasteiger partial charge in [0.05, 0.1) is 0 Å². The van der Waals surface area contributed by atoms with Crippen LogP contribution in [-0.4, -0.2) is 31.4 Å². The van der Waals surface area contributed by atoms with E-state index in [-0.39, 0.29) is 5.91 Å². The van der Waals surface area contributed by atoms with Gasteiger partial charge in [-0.1, -0.05) is 12.1 Å². The van der Waals surface area contributed by atoms with Crippen molar-refractivity contribution in [1.29, 1.82) is 0 Å².